The van der Waals surface area contributed by atoms with Gasteiger partial charge in [0.1, 0.15) is 17.7 Å². The molecule has 20 heavy (non-hydrogen) atoms. The Bertz CT molecular complexity index is 818. The second kappa shape index (κ2) is 4.64. The van der Waals surface area contributed by atoms with E-state index in [-0.39, 0.29) is 17.3 Å². The number of benzene rings is 2. The zero-order valence-corrected chi connectivity index (χ0v) is 10.6. The number of Topliss-reactive ketones (excluding diaryl/α,β-unsaturated/α-hetero) is 1. The molecule has 1 aliphatic rings. The number of nitriles is 2. The largest absolute Gasteiger partial charge is 0.294 e. The number of nitrogens with zero attached hydrogens (tertiary/aromatic N) is 2. The molecule has 0 N–H and O–H groups in total. The molecule has 0 heterocycles. The maximum atomic E-state index is 12.1. The Labute approximate surface area is 116 Å². The molecule has 0 fully saturated rings. The zero-order chi connectivity index (χ0) is 14.1. The lowest BCUT2D eigenvalue weighted by atomic mass is 9.96. The second-order valence-corrected chi connectivity index (χ2v) is 4.82. The van der Waals surface area contributed by atoms with Gasteiger partial charge in [0.15, 0.2) is 5.78 Å². The lowest BCUT2D eigenvalue weighted by Gasteiger charge is -2.06. The zero-order valence-electron chi connectivity index (χ0n) is 10.6. The summed E-state index contributed by atoms with van der Waals surface area (Å²) >= 11 is 0. The van der Waals surface area contributed by atoms with Crippen molar-refractivity contribution in [2.24, 2.45) is 0 Å². The minimum absolute atomic E-state index is 0.0591. The van der Waals surface area contributed by atoms with Crippen molar-refractivity contribution in [2.45, 2.75) is 12.3 Å². The average molecular weight is 258 g/mol. The minimum atomic E-state index is -0.170. The number of allylic oxidation sites excluding steroid dienone is 2. The molecule has 94 valence electrons. The van der Waals surface area contributed by atoms with E-state index in [2.05, 4.69) is 0 Å². The van der Waals surface area contributed by atoms with Crippen LogP contribution >= 0.6 is 0 Å². The minimum Gasteiger partial charge on any atom is -0.294 e. The number of fused-ring (bicyclic) bond motifs is 2. The van der Waals surface area contributed by atoms with Gasteiger partial charge in [0.05, 0.1) is 0 Å². The van der Waals surface area contributed by atoms with Crippen LogP contribution in [0.1, 0.15) is 28.3 Å². The Kier molecular flexibility index (Phi) is 2.82. The van der Waals surface area contributed by atoms with Crippen molar-refractivity contribution in [3.8, 4) is 12.1 Å². The van der Waals surface area contributed by atoms with Gasteiger partial charge in [-0.15, -0.1) is 0 Å². The molecule has 3 nitrogen and oxygen atoms in total. The van der Waals surface area contributed by atoms with Crippen molar-refractivity contribution in [1.29, 1.82) is 10.5 Å². The van der Waals surface area contributed by atoms with Gasteiger partial charge in [-0.25, -0.2) is 0 Å². The molecule has 0 saturated heterocycles. The van der Waals surface area contributed by atoms with Gasteiger partial charge in [0.2, 0.25) is 0 Å². The predicted octanol–water partition coefficient (Wildman–Crippen LogP) is 3.48. The number of ketones is 1. The highest BCUT2D eigenvalue weighted by Gasteiger charge is 2.28. The van der Waals surface area contributed by atoms with E-state index in [1.165, 1.54) is 0 Å². The summed E-state index contributed by atoms with van der Waals surface area (Å²) < 4.78 is 0. The van der Waals surface area contributed by atoms with Crippen molar-refractivity contribution in [1.82, 2.24) is 0 Å². The van der Waals surface area contributed by atoms with Crippen LogP contribution in [0.15, 0.2) is 48.0 Å². The third kappa shape index (κ3) is 1.86. The van der Waals surface area contributed by atoms with Crippen LogP contribution < -0.4 is 0 Å². The van der Waals surface area contributed by atoms with Crippen LogP contribution in [0.2, 0.25) is 0 Å². The summed E-state index contributed by atoms with van der Waals surface area (Å²) in [4.78, 5) is 12.1. The monoisotopic (exact) mass is 258 g/mol. The Hall–Kier alpha value is -2.91. The highest BCUT2D eigenvalue weighted by atomic mass is 16.1. The van der Waals surface area contributed by atoms with Crippen LogP contribution in [-0.4, -0.2) is 5.78 Å². The highest BCUT2D eigenvalue weighted by molar-refractivity contribution is 6.05. The van der Waals surface area contributed by atoms with Crippen LogP contribution in [-0.2, 0) is 0 Å². The van der Waals surface area contributed by atoms with Gasteiger partial charge in [-0.3, -0.25) is 4.79 Å². The van der Waals surface area contributed by atoms with Crippen LogP contribution in [0.25, 0.3) is 10.8 Å². The lowest BCUT2D eigenvalue weighted by molar-refractivity contribution is 0.0992. The Balaban J connectivity index is 2.18. The molecule has 3 rings (SSSR count). The molecule has 1 aliphatic carbocycles. The molecule has 0 radical (unpaired) electrons. The van der Waals surface area contributed by atoms with E-state index in [1.807, 2.05) is 48.5 Å². The SMILES string of the molecule is N#CC(C#N)=CC1CC(=O)c2cc3ccccc3cc21. The van der Waals surface area contributed by atoms with E-state index in [4.69, 9.17) is 10.5 Å². The molecule has 2 aromatic carbocycles. The fourth-order valence-corrected chi connectivity index (χ4v) is 2.68. The van der Waals surface area contributed by atoms with Crippen molar-refractivity contribution < 1.29 is 4.79 Å². The van der Waals surface area contributed by atoms with E-state index in [9.17, 15) is 4.79 Å². The third-order valence-corrected chi connectivity index (χ3v) is 3.63. The number of hydrogen-bond donors (Lipinski definition) is 0. The first-order valence-corrected chi connectivity index (χ1v) is 6.31. The molecule has 0 spiro atoms. The smallest absolute Gasteiger partial charge is 0.164 e. The summed E-state index contributed by atoms with van der Waals surface area (Å²) in [5.74, 6) is -0.0985. The van der Waals surface area contributed by atoms with Crippen LogP contribution in [0.4, 0.5) is 0 Å². The van der Waals surface area contributed by atoms with Crippen molar-refractivity contribution >= 4 is 16.6 Å². The normalized spacial score (nSPS) is 16.3. The summed E-state index contributed by atoms with van der Waals surface area (Å²) in [5, 5.41) is 19.8. The quantitative estimate of drug-likeness (QED) is 0.735. The van der Waals surface area contributed by atoms with Gasteiger partial charge in [0.25, 0.3) is 0 Å². The van der Waals surface area contributed by atoms with Gasteiger partial charge < -0.3 is 0 Å². The summed E-state index contributed by atoms with van der Waals surface area (Å²) in [6.07, 6.45) is 1.93. The molecule has 1 unspecified atom stereocenters. The van der Waals surface area contributed by atoms with Gasteiger partial charge >= 0.3 is 0 Å². The van der Waals surface area contributed by atoms with Gasteiger partial charge in [0, 0.05) is 17.9 Å². The summed E-state index contributed by atoms with van der Waals surface area (Å²) in [6, 6.07) is 15.5. The van der Waals surface area contributed by atoms with Crippen LogP contribution in [0.3, 0.4) is 0 Å². The Morgan fingerprint density at radius 2 is 1.80 bits per heavy atom. The fraction of sp³-hybridized carbons (Fsp3) is 0.118. The molecule has 0 amide bonds. The Morgan fingerprint density at radius 1 is 1.15 bits per heavy atom. The molecule has 3 heteroatoms. The van der Waals surface area contributed by atoms with Crippen molar-refractivity contribution in [3.05, 3.63) is 59.2 Å². The van der Waals surface area contributed by atoms with Gasteiger partial charge in [-0.05, 0) is 34.5 Å². The number of carbonyl (C=O) groups is 1. The highest BCUT2D eigenvalue weighted by Crippen LogP contribution is 2.37. The third-order valence-electron chi connectivity index (χ3n) is 3.63. The van der Waals surface area contributed by atoms with E-state index < -0.39 is 0 Å². The van der Waals surface area contributed by atoms with Gasteiger partial charge in [-0.1, -0.05) is 24.3 Å². The van der Waals surface area contributed by atoms with Crippen molar-refractivity contribution in [3.63, 3.8) is 0 Å². The maximum Gasteiger partial charge on any atom is 0.164 e. The molecular weight excluding hydrogens is 248 g/mol. The number of carbonyl (C=O) groups excluding carboxylic acids is 1. The number of hydrogen-bond acceptors (Lipinski definition) is 3. The van der Waals surface area contributed by atoms with E-state index in [0.29, 0.717) is 12.0 Å². The predicted molar refractivity (Wildman–Crippen MR) is 74.9 cm³/mol. The average Bonchev–Trinajstić information content (AvgIpc) is 2.78. The maximum absolute atomic E-state index is 12.1. The standard InChI is InChI=1S/C17H10N2O/c18-9-11(10-19)5-14-8-17(20)16-7-13-4-2-1-3-12(13)6-15(14)16/h1-7,14H,8H2. The second-order valence-electron chi connectivity index (χ2n) is 4.82. The Morgan fingerprint density at radius 3 is 2.45 bits per heavy atom. The summed E-state index contributed by atoms with van der Waals surface area (Å²) in [7, 11) is 0. The number of rotatable bonds is 1. The van der Waals surface area contributed by atoms with Crippen LogP contribution in [0.5, 0.6) is 0 Å². The first-order chi connectivity index (χ1) is 9.72. The molecule has 0 saturated carbocycles. The van der Waals surface area contributed by atoms with E-state index in [1.54, 1.807) is 6.08 Å². The summed E-state index contributed by atoms with van der Waals surface area (Å²) in [6.45, 7) is 0. The molecular formula is C17H10N2O. The molecule has 2 aromatic rings. The van der Waals surface area contributed by atoms with E-state index in [0.717, 1.165) is 16.3 Å². The molecule has 0 aromatic heterocycles. The topological polar surface area (TPSA) is 64.7 Å². The molecule has 0 aliphatic heterocycles. The first-order valence-electron chi connectivity index (χ1n) is 6.31. The lowest BCUT2D eigenvalue weighted by Crippen LogP contribution is -1.91. The van der Waals surface area contributed by atoms with Crippen molar-refractivity contribution in [2.75, 3.05) is 0 Å². The molecule has 1 atom stereocenters. The summed E-state index contributed by atoms with van der Waals surface area (Å²) in [5.41, 5.74) is 1.68. The van der Waals surface area contributed by atoms with Gasteiger partial charge in [-0.2, -0.15) is 10.5 Å². The first kappa shape index (κ1) is 12.1. The molecule has 0 bridgehead atoms. The van der Waals surface area contributed by atoms with E-state index >= 15 is 0 Å². The fourth-order valence-electron chi connectivity index (χ4n) is 2.68. The van der Waals surface area contributed by atoms with Crippen LogP contribution in [0, 0.1) is 22.7 Å².